The maximum absolute atomic E-state index is 13.4. The second kappa shape index (κ2) is 9.20. The lowest BCUT2D eigenvalue weighted by molar-refractivity contribution is -0.121. The molecule has 1 aliphatic rings. The van der Waals surface area contributed by atoms with Crippen molar-refractivity contribution in [3.05, 3.63) is 65.6 Å². The maximum atomic E-state index is 13.4. The average Bonchev–Trinajstić information content (AvgIpc) is 3.56. The van der Waals surface area contributed by atoms with E-state index in [1.165, 1.54) is 25.0 Å². The Morgan fingerprint density at radius 3 is 2.45 bits per heavy atom. The van der Waals surface area contributed by atoms with Crippen molar-refractivity contribution in [3.8, 4) is 23.1 Å². The molecule has 162 valence electrons. The van der Waals surface area contributed by atoms with E-state index in [0.717, 1.165) is 23.6 Å². The van der Waals surface area contributed by atoms with Crippen LogP contribution in [0.4, 0.5) is 4.39 Å². The molecule has 1 fully saturated rings. The highest BCUT2D eigenvalue weighted by atomic mass is 19.1. The van der Waals surface area contributed by atoms with Gasteiger partial charge in [-0.3, -0.25) is 4.79 Å². The summed E-state index contributed by atoms with van der Waals surface area (Å²) in [6.07, 6.45) is 3.24. The quantitative estimate of drug-likeness (QED) is 0.547. The van der Waals surface area contributed by atoms with E-state index in [0.29, 0.717) is 36.1 Å². The summed E-state index contributed by atoms with van der Waals surface area (Å²) < 4.78 is 26.5. The predicted molar refractivity (Wildman–Crippen MR) is 115 cm³/mol. The summed E-state index contributed by atoms with van der Waals surface area (Å²) in [4.78, 5) is 12.3. The van der Waals surface area contributed by atoms with E-state index in [4.69, 9.17) is 9.47 Å². The van der Waals surface area contributed by atoms with Crippen LogP contribution in [-0.4, -0.2) is 29.3 Å². The van der Waals surface area contributed by atoms with Gasteiger partial charge in [0.1, 0.15) is 17.3 Å². The molecule has 0 atom stereocenters. The molecule has 0 bridgehead atoms. The molecule has 1 N–H and O–H groups in total. The van der Waals surface area contributed by atoms with Gasteiger partial charge in [0.25, 0.3) is 0 Å². The third kappa shape index (κ3) is 5.23. The number of carbonyl (C=O) groups excluding carboxylic acids is 1. The zero-order chi connectivity index (χ0) is 21.8. The van der Waals surface area contributed by atoms with Gasteiger partial charge >= 0.3 is 0 Å². The van der Waals surface area contributed by atoms with E-state index in [2.05, 4.69) is 10.4 Å². The zero-order valence-electron chi connectivity index (χ0n) is 17.7. The van der Waals surface area contributed by atoms with Crippen LogP contribution in [0.5, 0.6) is 17.4 Å². The number of hydrogen-bond donors (Lipinski definition) is 1. The first-order chi connectivity index (χ1) is 15.0. The molecule has 7 heteroatoms. The van der Waals surface area contributed by atoms with E-state index < -0.39 is 0 Å². The average molecular weight is 423 g/mol. The van der Waals surface area contributed by atoms with Crippen LogP contribution < -0.4 is 14.8 Å². The van der Waals surface area contributed by atoms with Crippen LogP contribution in [0.3, 0.4) is 0 Å². The molecule has 0 radical (unpaired) electrons. The van der Waals surface area contributed by atoms with Crippen molar-refractivity contribution >= 4 is 5.91 Å². The first-order valence-electron chi connectivity index (χ1n) is 10.5. The molecule has 0 saturated heterocycles. The number of nitrogens with zero attached hydrogens (tertiary/aromatic N) is 2. The Morgan fingerprint density at radius 2 is 1.81 bits per heavy atom. The lowest BCUT2D eigenvalue weighted by atomic mass is 10.1. The van der Waals surface area contributed by atoms with Crippen molar-refractivity contribution < 1.29 is 18.7 Å². The smallest absolute Gasteiger partial charge is 0.226 e. The molecule has 1 aromatic heterocycles. The topological polar surface area (TPSA) is 65.4 Å². The van der Waals surface area contributed by atoms with Gasteiger partial charge in [-0.2, -0.15) is 5.10 Å². The van der Waals surface area contributed by atoms with Gasteiger partial charge in [-0.25, -0.2) is 9.07 Å². The summed E-state index contributed by atoms with van der Waals surface area (Å²) in [6, 6.07) is 13.3. The minimum absolute atomic E-state index is 0.0243. The number of methoxy groups -OCH3 is 1. The van der Waals surface area contributed by atoms with Crippen LogP contribution in [-0.2, 0) is 11.2 Å². The van der Waals surface area contributed by atoms with Gasteiger partial charge in [0.2, 0.25) is 11.8 Å². The molecule has 0 spiro atoms. The molecule has 31 heavy (non-hydrogen) atoms. The van der Waals surface area contributed by atoms with Crippen LogP contribution in [0.15, 0.2) is 48.5 Å². The van der Waals surface area contributed by atoms with E-state index in [9.17, 15) is 9.18 Å². The number of nitrogens with one attached hydrogen (secondary N) is 1. The zero-order valence-corrected chi connectivity index (χ0v) is 17.7. The van der Waals surface area contributed by atoms with E-state index in [1.54, 1.807) is 23.9 Å². The van der Waals surface area contributed by atoms with Gasteiger partial charge in [-0.15, -0.1) is 0 Å². The van der Waals surface area contributed by atoms with Gasteiger partial charge < -0.3 is 14.8 Å². The Balaban J connectivity index is 1.60. The number of aryl methyl sites for hydroxylation is 1. The summed E-state index contributed by atoms with van der Waals surface area (Å²) in [7, 11) is 1.61. The predicted octanol–water partition coefficient (Wildman–Crippen LogP) is 4.58. The fourth-order valence-corrected chi connectivity index (χ4v) is 3.35. The highest BCUT2D eigenvalue weighted by Gasteiger charge is 2.23. The van der Waals surface area contributed by atoms with Crippen LogP contribution in [0.25, 0.3) is 5.69 Å². The Kier molecular flexibility index (Phi) is 6.21. The summed E-state index contributed by atoms with van der Waals surface area (Å²) in [6.45, 7) is 2.64. The minimum Gasteiger partial charge on any atom is -0.497 e. The van der Waals surface area contributed by atoms with Crippen molar-refractivity contribution in [3.63, 3.8) is 0 Å². The van der Waals surface area contributed by atoms with E-state index >= 15 is 0 Å². The van der Waals surface area contributed by atoms with Gasteiger partial charge in [0.05, 0.1) is 18.5 Å². The van der Waals surface area contributed by atoms with Gasteiger partial charge in [-0.05, 0) is 80.6 Å². The molecule has 1 heterocycles. The lowest BCUT2D eigenvalue weighted by Gasteiger charge is -2.12. The summed E-state index contributed by atoms with van der Waals surface area (Å²) in [5, 5.41) is 7.61. The van der Waals surface area contributed by atoms with Crippen LogP contribution in [0.1, 0.15) is 30.5 Å². The third-order valence-electron chi connectivity index (χ3n) is 5.37. The molecule has 2 aromatic carbocycles. The molecule has 0 unspecified atom stereocenters. The number of benzene rings is 2. The number of rotatable bonds is 9. The number of hydrogen-bond acceptors (Lipinski definition) is 4. The Morgan fingerprint density at radius 1 is 1.13 bits per heavy atom. The van der Waals surface area contributed by atoms with Crippen LogP contribution in [0.2, 0.25) is 0 Å². The maximum Gasteiger partial charge on any atom is 0.226 e. The number of ether oxygens (including phenoxy) is 2. The Hall–Kier alpha value is -3.35. The van der Waals surface area contributed by atoms with Crippen LogP contribution >= 0.6 is 0 Å². The highest BCUT2D eigenvalue weighted by Crippen LogP contribution is 2.32. The molecule has 3 aromatic rings. The third-order valence-corrected chi connectivity index (χ3v) is 5.37. The summed E-state index contributed by atoms with van der Waals surface area (Å²) >= 11 is 0. The van der Waals surface area contributed by atoms with Gasteiger partial charge in [0.15, 0.2) is 0 Å². The Labute approximate surface area is 181 Å². The van der Waals surface area contributed by atoms with E-state index in [-0.39, 0.29) is 11.7 Å². The first kappa shape index (κ1) is 20.9. The molecular weight excluding hydrogens is 397 g/mol. The molecule has 1 saturated carbocycles. The minimum atomic E-state index is -0.321. The number of carbonyl (C=O) groups is 1. The monoisotopic (exact) mass is 423 g/mol. The van der Waals surface area contributed by atoms with Gasteiger partial charge in [-0.1, -0.05) is 0 Å². The number of halogens is 1. The summed E-state index contributed by atoms with van der Waals surface area (Å²) in [5.74, 6) is 2.20. The fourth-order valence-electron chi connectivity index (χ4n) is 3.35. The number of aromatic nitrogens is 2. The number of amides is 1. The van der Waals surface area contributed by atoms with Crippen molar-refractivity contribution in [1.29, 1.82) is 0 Å². The van der Waals surface area contributed by atoms with Crippen molar-refractivity contribution in [1.82, 2.24) is 15.1 Å². The molecule has 6 nitrogen and oxygen atoms in total. The fraction of sp³-hybridized carbons (Fsp3) is 0.333. The van der Waals surface area contributed by atoms with Crippen molar-refractivity contribution in [2.45, 2.75) is 32.6 Å². The standard InChI is InChI=1S/C24H26FN3O3/c1-16-22(13-14-23(29)26-15-17-3-4-17)24(31-21-11-9-20(30-2)10-12-21)28(27-16)19-7-5-18(25)6-8-19/h5-12,17H,3-4,13-15H2,1-2H3,(H,26,29). The molecule has 0 aliphatic heterocycles. The van der Waals surface area contributed by atoms with Crippen molar-refractivity contribution in [2.75, 3.05) is 13.7 Å². The van der Waals surface area contributed by atoms with E-state index in [1.807, 2.05) is 31.2 Å². The first-order valence-corrected chi connectivity index (χ1v) is 10.5. The Bertz CT molecular complexity index is 1040. The normalized spacial score (nSPS) is 13.1. The second-order valence-corrected chi connectivity index (χ2v) is 7.78. The van der Waals surface area contributed by atoms with Gasteiger partial charge in [0, 0.05) is 18.5 Å². The second-order valence-electron chi connectivity index (χ2n) is 7.78. The SMILES string of the molecule is COc1ccc(Oc2c(CCC(=O)NCC3CC3)c(C)nn2-c2ccc(F)cc2)cc1. The largest absolute Gasteiger partial charge is 0.497 e. The van der Waals surface area contributed by atoms with Crippen LogP contribution in [0, 0.1) is 18.7 Å². The van der Waals surface area contributed by atoms with Crippen molar-refractivity contribution in [2.24, 2.45) is 5.92 Å². The highest BCUT2D eigenvalue weighted by molar-refractivity contribution is 5.76. The molecular formula is C24H26FN3O3. The molecule has 4 rings (SSSR count). The molecule has 1 amide bonds. The summed E-state index contributed by atoms with van der Waals surface area (Å²) in [5.41, 5.74) is 2.29. The lowest BCUT2D eigenvalue weighted by Crippen LogP contribution is -2.25. The molecule has 1 aliphatic carbocycles.